The second-order valence-electron chi connectivity index (χ2n) is 4.56. The zero-order valence-corrected chi connectivity index (χ0v) is 11.5. The standard InChI is InChI=1S/C16H17N3O2/c17-16(21)13-6-8-14(9-7-13)18-11-15(20)19-10-12-4-2-1-3-5-12/h1-9,18H,10-11H2,(H2,17,21)(H,19,20). The summed E-state index contributed by atoms with van der Waals surface area (Å²) in [6, 6.07) is 16.4. The maximum absolute atomic E-state index is 11.7. The molecule has 2 rings (SSSR count). The minimum Gasteiger partial charge on any atom is -0.376 e. The van der Waals surface area contributed by atoms with Crippen LogP contribution in [0.25, 0.3) is 0 Å². The highest BCUT2D eigenvalue weighted by molar-refractivity contribution is 5.93. The molecule has 5 heteroatoms. The second-order valence-corrected chi connectivity index (χ2v) is 4.56. The molecule has 0 aromatic heterocycles. The summed E-state index contributed by atoms with van der Waals surface area (Å²) in [4.78, 5) is 22.7. The molecule has 0 heterocycles. The van der Waals surface area contributed by atoms with Gasteiger partial charge in [0, 0.05) is 17.8 Å². The predicted octanol–water partition coefficient (Wildman–Crippen LogP) is 1.51. The van der Waals surface area contributed by atoms with Gasteiger partial charge >= 0.3 is 0 Å². The van der Waals surface area contributed by atoms with Crippen molar-refractivity contribution in [2.75, 3.05) is 11.9 Å². The molecule has 0 fully saturated rings. The first kappa shape index (κ1) is 14.6. The summed E-state index contributed by atoms with van der Waals surface area (Å²) in [5.41, 5.74) is 7.41. The van der Waals surface area contributed by atoms with Crippen LogP contribution in [0.15, 0.2) is 54.6 Å². The summed E-state index contributed by atoms with van der Waals surface area (Å²) in [5, 5.41) is 5.81. The minimum atomic E-state index is -0.470. The van der Waals surface area contributed by atoms with Gasteiger partial charge in [-0.25, -0.2) is 0 Å². The van der Waals surface area contributed by atoms with Gasteiger partial charge in [0.1, 0.15) is 0 Å². The van der Waals surface area contributed by atoms with E-state index in [1.165, 1.54) is 0 Å². The second kappa shape index (κ2) is 7.09. The van der Waals surface area contributed by atoms with E-state index in [-0.39, 0.29) is 12.5 Å². The van der Waals surface area contributed by atoms with Crippen molar-refractivity contribution in [3.63, 3.8) is 0 Å². The molecule has 5 nitrogen and oxygen atoms in total. The van der Waals surface area contributed by atoms with Crippen LogP contribution in [0.1, 0.15) is 15.9 Å². The molecule has 108 valence electrons. The lowest BCUT2D eigenvalue weighted by atomic mass is 10.2. The topological polar surface area (TPSA) is 84.2 Å². The average molecular weight is 283 g/mol. The number of benzene rings is 2. The maximum Gasteiger partial charge on any atom is 0.248 e. The summed E-state index contributed by atoms with van der Waals surface area (Å²) in [6.07, 6.45) is 0. The Labute approximate surface area is 123 Å². The largest absolute Gasteiger partial charge is 0.376 e. The van der Waals surface area contributed by atoms with E-state index in [4.69, 9.17) is 5.73 Å². The smallest absolute Gasteiger partial charge is 0.248 e. The highest BCUT2D eigenvalue weighted by Gasteiger charge is 2.02. The first-order valence-electron chi connectivity index (χ1n) is 6.59. The Morgan fingerprint density at radius 2 is 1.62 bits per heavy atom. The van der Waals surface area contributed by atoms with E-state index in [0.29, 0.717) is 12.1 Å². The average Bonchev–Trinajstić information content (AvgIpc) is 2.52. The number of carbonyl (C=O) groups is 2. The Kier molecular flexibility index (Phi) is 4.93. The van der Waals surface area contributed by atoms with Gasteiger partial charge in [-0.15, -0.1) is 0 Å². The first-order valence-corrected chi connectivity index (χ1v) is 6.59. The molecule has 0 bridgehead atoms. The Morgan fingerprint density at radius 1 is 0.952 bits per heavy atom. The third-order valence-corrected chi connectivity index (χ3v) is 2.95. The molecule has 21 heavy (non-hydrogen) atoms. The normalized spacial score (nSPS) is 9.90. The van der Waals surface area contributed by atoms with Crippen LogP contribution in [0.2, 0.25) is 0 Å². The molecule has 2 aromatic rings. The van der Waals surface area contributed by atoms with Crippen LogP contribution in [0.5, 0.6) is 0 Å². The zero-order chi connectivity index (χ0) is 15.1. The molecular formula is C16H17N3O2. The lowest BCUT2D eigenvalue weighted by Crippen LogP contribution is -2.29. The van der Waals surface area contributed by atoms with E-state index in [1.54, 1.807) is 24.3 Å². The predicted molar refractivity (Wildman–Crippen MR) is 81.7 cm³/mol. The third-order valence-electron chi connectivity index (χ3n) is 2.95. The Bertz CT molecular complexity index is 609. The molecule has 0 aliphatic rings. The summed E-state index contributed by atoms with van der Waals surface area (Å²) < 4.78 is 0. The van der Waals surface area contributed by atoms with Crippen molar-refractivity contribution in [1.82, 2.24) is 5.32 Å². The first-order chi connectivity index (χ1) is 10.1. The highest BCUT2D eigenvalue weighted by Crippen LogP contribution is 2.08. The monoisotopic (exact) mass is 283 g/mol. The van der Waals surface area contributed by atoms with Crippen LogP contribution in [0.3, 0.4) is 0 Å². The molecule has 2 amide bonds. The molecule has 0 radical (unpaired) electrons. The van der Waals surface area contributed by atoms with E-state index in [0.717, 1.165) is 11.3 Å². The van der Waals surface area contributed by atoms with Crippen molar-refractivity contribution >= 4 is 17.5 Å². The van der Waals surface area contributed by atoms with Crippen molar-refractivity contribution in [1.29, 1.82) is 0 Å². The van der Waals surface area contributed by atoms with Gasteiger partial charge in [-0.2, -0.15) is 0 Å². The number of nitrogens with two attached hydrogens (primary N) is 1. The molecule has 0 aliphatic heterocycles. The summed E-state index contributed by atoms with van der Waals surface area (Å²) in [7, 11) is 0. The maximum atomic E-state index is 11.7. The van der Waals surface area contributed by atoms with Crippen molar-refractivity contribution in [3.8, 4) is 0 Å². The van der Waals surface area contributed by atoms with Crippen molar-refractivity contribution in [2.24, 2.45) is 5.73 Å². The Hall–Kier alpha value is -2.82. The van der Waals surface area contributed by atoms with E-state index in [1.807, 2.05) is 30.3 Å². The lowest BCUT2D eigenvalue weighted by Gasteiger charge is -2.08. The number of carbonyl (C=O) groups excluding carboxylic acids is 2. The van der Waals surface area contributed by atoms with Gasteiger partial charge < -0.3 is 16.4 Å². The van der Waals surface area contributed by atoms with E-state index >= 15 is 0 Å². The molecule has 2 aromatic carbocycles. The van der Waals surface area contributed by atoms with Crippen LogP contribution in [-0.2, 0) is 11.3 Å². The number of nitrogens with one attached hydrogen (secondary N) is 2. The molecule has 0 spiro atoms. The molecule has 4 N–H and O–H groups in total. The Morgan fingerprint density at radius 3 is 2.24 bits per heavy atom. The molecule has 0 saturated carbocycles. The van der Waals surface area contributed by atoms with Gasteiger partial charge in [-0.1, -0.05) is 30.3 Å². The molecule has 0 atom stereocenters. The fourth-order valence-electron chi connectivity index (χ4n) is 1.79. The summed E-state index contributed by atoms with van der Waals surface area (Å²) in [5.74, 6) is -0.569. The van der Waals surface area contributed by atoms with E-state index in [2.05, 4.69) is 10.6 Å². The Balaban J connectivity index is 1.77. The number of primary amides is 1. The van der Waals surface area contributed by atoms with Gasteiger partial charge in [0.25, 0.3) is 0 Å². The van der Waals surface area contributed by atoms with Crippen LogP contribution in [0, 0.1) is 0 Å². The van der Waals surface area contributed by atoms with Gasteiger partial charge in [0.05, 0.1) is 6.54 Å². The minimum absolute atomic E-state index is 0.0992. The number of hydrogen-bond donors (Lipinski definition) is 3. The zero-order valence-electron chi connectivity index (χ0n) is 11.5. The van der Waals surface area contributed by atoms with Crippen LogP contribution in [-0.4, -0.2) is 18.4 Å². The van der Waals surface area contributed by atoms with E-state index in [9.17, 15) is 9.59 Å². The summed E-state index contributed by atoms with van der Waals surface area (Å²) in [6.45, 7) is 0.671. The van der Waals surface area contributed by atoms with Crippen molar-refractivity contribution < 1.29 is 9.59 Å². The number of amides is 2. The number of hydrogen-bond acceptors (Lipinski definition) is 3. The van der Waals surface area contributed by atoms with E-state index < -0.39 is 5.91 Å². The van der Waals surface area contributed by atoms with Crippen molar-refractivity contribution in [3.05, 3.63) is 65.7 Å². The van der Waals surface area contributed by atoms with Gasteiger partial charge in [-0.3, -0.25) is 9.59 Å². The van der Waals surface area contributed by atoms with Crippen LogP contribution >= 0.6 is 0 Å². The molecule has 0 aliphatic carbocycles. The molecular weight excluding hydrogens is 266 g/mol. The SMILES string of the molecule is NC(=O)c1ccc(NCC(=O)NCc2ccccc2)cc1. The van der Waals surface area contributed by atoms with Gasteiger partial charge in [-0.05, 0) is 29.8 Å². The van der Waals surface area contributed by atoms with Crippen LogP contribution in [0.4, 0.5) is 5.69 Å². The fourth-order valence-corrected chi connectivity index (χ4v) is 1.79. The quantitative estimate of drug-likeness (QED) is 0.751. The van der Waals surface area contributed by atoms with Gasteiger partial charge in [0.2, 0.25) is 11.8 Å². The summed E-state index contributed by atoms with van der Waals surface area (Å²) >= 11 is 0. The van der Waals surface area contributed by atoms with Gasteiger partial charge in [0.15, 0.2) is 0 Å². The molecule has 0 saturated heterocycles. The van der Waals surface area contributed by atoms with Crippen LogP contribution < -0.4 is 16.4 Å². The number of anilines is 1. The fraction of sp³-hybridized carbons (Fsp3) is 0.125. The number of rotatable bonds is 6. The third kappa shape index (κ3) is 4.65. The lowest BCUT2D eigenvalue weighted by molar-refractivity contribution is -0.119. The highest BCUT2D eigenvalue weighted by atomic mass is 16.2. The molecule has 0 unspecified atom stereocenters. The van der Waals surface area contributed by atoms with Crippen molar-refractivity contribution in [2.45, 2.75) is 6.54 Å².